The number of benzene rings is 1. The van der Waals surface area contributed by atoms with Gasteiger partial charge in [-0.15, -0.1) is 0 Å². The summed E-state index contributed by atoms with van der Waals surface area (Å²) in [6.07, 6.45) is 4.49. The predicted octanol–water partition coefficient (Wildman–Crippen LogP) is 4.41. The lowest BCUT2D eigenvalue weighted by molar-refractivity contribution is -0.132. The highest BCUT2D eigenvalue weighted by molar-refractivity contribution is 5.96. The van der Waals surface area contributed by atoms with E-state index in [4.69, 9.17) is 4.74 Å². The molecule has 9 heteroatoms. The molecule has 2 bridgehead atoms. The summed E-state index contributed by atoms with van der Waals surface area (Å²) in [5.41, 5.74) is 0.179. The number of aromatic nitrogens is 2. The first kappa shape index (κ1) is 25.9. The van der Waals surface area contributed by atoms with Crippen LogP contribution in [0.2, 0.25) is 0 Å². The number of hydrogen-bond donors (Lipinski definition) is 1. The van der Waals surface area contributed by atoms with Crippen LogP contribution in [0.25, 0.3) is 0 Å². The van der Waals surface area contributed by atoms with Gasteiger partial charge < -0.3 is 14.7 Å². The molecule has 0 saturated carbocycles. The minimum Gasteiger partial charge on any atom is -0.501 e. The molecule has 0 radical (unpaired) electrons. The van der Waals surface area contributed by atoms with Crippen molar-refractivity contribution in [2.45, 2.75) is 83.7 Å². The van der Waals surface area contributed by atoms with Gasteiger partial charge in [-0.05, 0) is 69.1 Å². The van der Waals surface area contributed by atoms with Crippen LogP contribution in [0.3, 0.4) is 0 Å². The Hall–Kier alpha value is -3.23. The van der Waals surface area contributed by atoms with E-state index in [9.17, 15) is 23.9 Å². The van der Waals surface area contributed by atoms with E-state index in [1.54, 1.807) is 24.9 Å². The molecule has 194 valence electrons. The SMILES string of the molecule is CC[C@H]1CCCC2c3nc(c(O)c(=O)n31)C(=O)CCc1cc(C)c(F)cc1OCCCCC(=O)N2C. The Morgan fingerprint density at radius 3 is 2.64 bits per heavy atom. The Bertz CT molecular complexity index is 1220. The maximum Gasteiger partial charge on any atom is 0.296 e. The van der Waals surface area contributed by atoms with Gasteiger partial charge in [-0.25, -0.2) is 9.37 Å². The van der Waals surface area contributed by atoms with Crippen molar-refractivity contribution in [3.05, 3.63) is 50.9 Å². The second-order valence-corrected chi connectivity index (χ2v) is 9.79. The Balaban J connectivity index is 1.82. The number of Topliss-reactive ketones (excluding diaryl/α,β-unsaturated/α-hetero) is 1. The van der Waals surface area contributed by atoms with E-state index in [0.717, 1.165) is 12.8 Å². The number of aryl methyl sites for hydroxylation is 2. The summed E-state index contributed by atoms with van der Waals surface area (Å²) in [4.78, 5) is 45.8. The third-order valence-electron chi connectivity index (χ3n) is 7.40. The summed E-state index contributed by atoms with van der Waals surface area (Å²) >= 11 is 0. The molecule has 2 aromatic rings. The molecule has 1 aromatic heterocycles. The lowest BCUT2D eigenvalue weighted by Crippen LogP contribution is -2.37. The van der Waals surface area contributed by atoms with Gasteiger partial charge in [0, 0.05) is 32.0 Å². The number of fused-ring (bicyclic) bond motifs is 2. The molecule has 1 N–H and O–H groups in total. The first-order chi connectivity index (χ1) is 17.2. The summed E-state index contributed by atoms with van der Waals surface area (Å²) in [6, 6.07) is 2.33. The van der Waals surface area contributed by atoms with E-state index in [1.807, 2.05) is 6.92 Å². The van der Waals surface area contributed by atoms with Crippen molar-refractivity contribution in [3.8, 4) is 11.5 Å². The summed E-state index contributed by atoms with van der Waals surface area (Å²) in [7, 11) is 1.70. The number of ketones is 1. The van der Waals surface area contributed by atoms with Gasteiger partial charge in [-0.1, -0.05) is 6.92 Å². The first-order valence-electron chi connectivity index (χ1n) is 12.8. The Kier molecular flexibility index (Phi) is 7.76. The van der Waals surface area contributed by atoms with Gasteiger partial charge in [0.2, 0.25) is 11.7 Å². The number of halogens is 1. The quantitative estimate of drug-likeness (QED) is 0.624. The molecule has 3 heterocycles. The molecular formula is C27H34FN3O5. The van der Waals surface area contributed by atoms with Crippen molar-refractivity contribution < 1.29 is 23.8 Å². The van der Waals surface area contributed by atoms with Gasteiger partial charge in [-0.3, -0.25) is 19.0 Å². The van der Waals surface area contributed by atoms with Gasteiger partial charge in [0.15, 0.2) is 11.5 Å². The molecule has 8 nitrogen and oxygen atoms in total. The molecule has 4 rings (SSSR count). The zero-order valence-electron chi connectivity index (χ0n) is 21.2. The number of rotatable bonds is 1. The molecule has 1 unspecified atom stereocenters. The van der Waals surface area contributed by atoms with Crippen LogP contribution in [0, 0.1) is 12.7 Å². The second-order valence-electron chi connectivity index (χ2n) is 9.79. The van der Waals surface area contributed by atoms with Crippen LogP contribution in [0.15, 0.2) is 16.9 Å². The third-order valence-corrected chi connectivity index (χ3v) is 7.40. The number of carbonyl (C=O) groups excluding carboxylic acids is 2. The summed E-state index contributed by atoms with van der Waals surface area (Å²) in [6.45, 7) is 3.93. The molecule has 0 saturated heterocycles. The molecule has 0 spiro atoms. The largest absolute Gasteiger partial charge is 0.501 e. The molecule has 0 fully saturated rings. The fraction of sp³-hybridized carbons (Fsp3) is 0.556. The van der Waals surface area contributed by atoms with Gasteiger partial charge in [0.25, 0.3) is 5.56 Å². The van der Waals surface area contributed by atoms with Crippen LogP contribution in [0.1, 0.15) is 97.8 Å². The monoisotopic (exact) mass is 499 g/mol. The van der Waals surface area contributed by atoms with Crippen LogP contribution in [-0.4, -0.2) is 44.9 Å². The zero-order chi connectivity index (χ0) is 26.0. The summed E-state index contributed by atoms with van der Waals surface area (Å²) in [5.74, 6) is -0.934. The standard InChI is InChI=1S/C27H34FN3O5/c1-4-18-8-7-9-20-26-29-24(25(34)27(35)31(18)26)21(32)12-11-17-14-16(2)19(28)15-22(17)36-13-6-5-10-23(33)30(20)3/h14-15,18,20,34H,4-13H2,1-3H3/t18-,20?/m0/s1. The van der Waals surface area contributed by atoms with E-state index >= 15 is 0 Å². The average molecular weight is 500 g/mol. The second kappa shape index (κ2) is 10.8. The molecule has 1 aromatic carbocycles. The van der Waals surface area contributed by atoms with Gasteiger partial charge in [-0.2, -0.15) is 0 Å². The van der Waals surface area contributed by atoms with Crippen molar-refractivity contribution in [2.75, 3.05) is 13.7 Å². The Morgan fingerprint density at radius 2 is 1.89 bits per heavy atom. The van der Waals surface area contributed by atoms with Gasteiger partial charge in [0.05, 0.1) is 12.6 Å². The highest BCUT2D eigenvalue weighted by Gasteiger charge is 2.34. The van der Waals surface area contributed by atoms with Crippen LogP contribution in [0.5, 0.6) is 11.5 Å². The Labute approximate surface area is 210 Å². The fourth-order valence-electron chi connectivity index (χ4n) is 5.21. The number of amides is 1. The highest BCUT2D eigenvalue weighted by Crippen LogP contribution is 2.35. The molecule has 0 aliphatic carbocycles. The predicted molar refractivity (Wildman–Crippen MR) is 132 cm³/mol. The van der Waals surface area contributed by atoms with Gasteiger partial charge >= 0.3 is 0 Å². The lowest BCUT2D eigenvalue weighted by atomic mass is 10.0. The number of carbonyl (C=O) groups is 2. The smallest absolute Gasteiger partial charge is 0.296 e. The van der Waals surface area contributed by atoms with E-state index in [-0.39, 0.29) is 36.9 Å². The molecule has 1 amide bonds. The maximum absolute atomic E-state index is 14.2. The number of aromatic hydroxyl groups is 1. The third kappa shape index (κ3) is 5.01. The number of ether oxygens (including phenoxy) is 1. The number of nitrogens with zero attached hydrogens (tertiary/aromatic N) is 3. The van der Waals surface area contributed by atoms with Crippen LogP contribution in [0.4, 0.5) is 4.39 Å². The first-order valence-corrected chi connectivity index (χ1v) is 12.8. The summed E-state index contributed by atoms with van der Waals surface area (Å²) < 4.78 is 21.5. The molecule has 2 atom stereocenters. The van der Waals surface area contributed by atoms with E-state index in [1.165, 1.54) is 10.6 Å². The van der Waals surface area contributed by atoms with Crippen molar-refractivity contribution >= 4 is 11.7 Å². The average Bonchev–Trinajstić information content (AvgIpc) is 3.04. The van der Waals surface area contributed by atoms with Crippen LogP contribution in [-0.2, 0) is 11.2 Å². The fourth-order valence-corrected chi connectivity index (χ4v) is 5.21. The summed E-state index contributed by atoms with van der Waals surface area (Å²) in [5, 5.41) is 10.8. The van der Waals surface area contributed by atoms with E-state index in [0.29, 0.717) is 55.0 Å². The van der Waals surface area contributed by atoms with E-state index in [2.05, 4.69) is 4.98 Å². The van der Waals surface area contributed by atoms with Crippen molar-refractivity contribution in [1.82, 2.24) is 14.5 Å². The van der Waals surface area contributed by atoms with Crippen molar-refractivity contribution in [1.29, 1.82) is 0 Å². The maximum atomic E-state index is 14.2. The molecular weight excluding hydrogens is 465 g/mol. The zero-order valence-corrected chi connectivity index (χ0v) is 21.2. The van der Waals surface area contributed by atoms with Crippen LogP contribution < -0.4 is 10.3 Å². The van der Waals surface area contributed by atoms with E-state index < -0.39 is 29.0 Å². The molecule has 2 aliphatic heterocycles. The lowest BCUT2D eigenvalue weighted by Gasteiger charge is -2.29. The number of hydrogen-bond acceptors (Lipinski definition) is 6. The molecule has 2 aliphatic rings. The van der Waals surface area contributed by atoms with Crippen molar-refractivity contribution in [2.24, 2.45) is 0 Å². The topological polar surface area (TPSA) is 102 Å². The minimum atomic E-state index is -0.662. The van der Waals surface area contributed by atoms with Crippen LogP contribution >= 0.6 is 0 Å². The minimum absolute atomic E-state index is 0.0402. The normalized spacial score (nSPS) is 21.5. The molecule has 36 heavy (non-hydrogen) atoms. The Morgan fingerprint density at radius 1 is 1.11 bits per heavy atom. The van der Waals surface area contributed by atoms with Gasteiger partial charge in [0.1, 0.15) is 17.4 Å². The van der Waals surface area contributed by atoms with Crippen molar-refractivity contribution in [3.63, 3.8) is 0 Å². The highest BCUT2D eigenvalue weighted by atomic mass is 19.1.